The van der Waals surface area contributed by atoms with Gasteiger partial charge in [0, 0.05) is 16.7 Å². The van der Waals surface area contributed by atoms with Crippen LogP contribution in [-0.4, -0.2) is 10.6 Å². The zero-order chi connectivity index (χ0) is 8.48. The molecule has 6 fully saturated rings. The summed E-state index contributed by atoms with van der Waals surface area (Å²) in [5.74, 6) is 6.90. The van der Waals surface area contributed by atoms with Crippen molar-refractivity contribution in [3.05, 3.63) is 0 Å². The summed E-state index contributed by atoms with van der Waals surface area (Å²) in [5.41, 5.74) is 0. The van der Waals surface area contributed by atoms with Crippen molar-refractivity contribution in [3.8, 4) is 0 Å². The lowest BCUT2D eigenvalue weighted by Crippen LogP contribution is -2.30. The van der Waals surface area contributed by atoms with Crippen molar-refractivity contribution in [2.75, 3.05) is 0 Å². The minimum absolute atomic E-state index is 0.521. The van der Waals surface area contributed by atoms with Gasteiger partial charge in [-0.1, -0.05) is 15.9 Å². The van der Waals surface area contributed by atoms with Crippen LogP contribution in [0.5, 0.6) is 0 Å². The first-order valence-corrected chi connectivity index (χ1v) is 6.40. The molecule has 2 heteroatoms. The van der Waals surface area contributed by atoms with Crippen LogP contribution in [0.4, 0.5) is 0 Å². The van der Waals surface area contributed by atoms with E-state index in [2.05, 4.69) is 15.9 Å². The van der Waals surface area contributed by atoms with Crippen molar-refractivity contribution < 1.29 is 4.79 Å². The van der Waals surface area contributed by atoms with Gasteiger partial charge in [0.2, 0.25) is 0 Å². The monoisotopic (exact) mass is 238 g/mol. The molecule has 68 valence electrons. The Morgan fingerprint density at radius 3 is 2.54 bits per heavy atom. The number of Topliss-reactive ketones (excluding diaryl/α,β-unsaturated/α-hetero) is 1. The molecular formula is C11H11BrO. The van der Waals surface area contributed by atoms with E-state index in [0.717, 1.165) is 40.3 Å². The van der Waals surface area contributed by atoms with E-state index in [1.807, 2.05) is 0 Å². The van der Waals surface area contributed by atoms with Crippen molar-refractivity contribution in [3.63, 3.8) is 0 Å². The van der Waals surface area contributed by atoms with Gasteiger partial charge in [0.05, 0.1) is 0 Å². The molecule has 0 heterocycles. The third-order valence-corrected chi connectivity index (χ3v) is 7.24. The second-order valence-electron chi connectivity index (χ2n) is 5.77. The predicted molar refractivity (Wildman–Crippen MR) is 50.3 cm³/mol. The van der Waals surface area contributed by atoms with E-state index >= 15 is 0 Å². The maximum atomic E-state index is 12.0. The van der Waals surface area contributed by atoms with Crippen LogP contribution in [0.3, 0.4) is 0 Å². The molecule has 0 unspecified atom stereocenters. The van der Waals surface area contributed by atoms with Crippen molar-refractivity contribution in [1.82, 2.24) is 0 Å². The largest absolute Gasteiger partial charge is 0.299 e. The Labute approximate surface area is 85.4 Å². The van der Waals surface area contributed by atoms with Gasteiger partial charge >= 0.3 is 0 Å². The van der Waals surface area contributed by atoms with E-state index in [1.165, 1.54) is 6.42 Å². The van der Waals surface area contributed by atoms with Crippen LogP contribution < -0.4 is 0 Å². The minimum Gasteiger partial charge on any atom is -0.299 e. The highest BCUT2D eigenvalue weighted by Crippen LogP contribution is 2.82. The molecule has 6 aliphatic rings. The Bertz CT molecular complexity index is 350. The smallest absolute Gasteiger partial charge is 0.140 e. The number of carbonyl (C=O) groups is 1. The highest BCUT2D eigenvalue weighted by Gasteiger charge is 2.83. The molecule has 0 aromatic rings. The summed E-state index contributed by atoms with van der Waals surface area (Å²) in [6.45, 7) is 0. The third-order valence-electron chi connectivity index (χ3n) is 6.01. The molecule has 0 saturated heterocycles. The molecule has 0 spiro atoms. The van der Waals surface area contributed by atoms with Crippen molar-refractivity contribution >= 4 is 21.7 Å². The topological polar surface area (TPSA) is 17.1 Å². The molecule has 0 aromatic heterocycles. The fourth-order valence-electron chi connectivity index (χ4n) is 6.20. The van der Waals surface area contributed by atoms with Crippen LogP contribution >= 0.6 is 15.9 Å². The molecule has 13 heavy (non-hydrogen) atoms. The number of halogens is 1. The third kappa shape index (κ3) is 0.397. The average molecular weight is 239 g/mol. The summed E-state index contributed by atoms with van der Waals surface area (Å²) in [7, 11) is 0. The SMILES string of the molecule is O=C1[C@H]2[C@@H]3C[C@@H]4[C@H]2[C@H]2[C@H](Br)[C@@H]4[C@@H]3[C@@H]12. The van der Waals surface area contributed by atoms with Gasteiger partial charge < -0.3 is 0 Å². The molecule has 6 rings (SSSR count). The Balaban J connectivity index is 1.90. The minimum atomic E-state index is 0.521. The Hall–Kier alpha value is 0.150. The quantitative estimate of drug-likeness (QED) is 0.588. The number of hydrogen-bond acceptors (Lipinski definition) is 1. The first kappa shape index (κ1) is 6.60. The van der Waals surface area contributed by atoms with Gasteiger partial charge in [-0.05, 0) is 41.9 Å². The lowest BCUT2D eigenvalue weighted by Gasteiger charge is -2.32. The molecule has 0 N–H and O–H groups in total. The molecule has 0 amide bonds. The maximum Gasteiger partial charge on any atom is 0.140 e. The summed E-state index contributed by atoms with van der Waals surface area (Å²) in [6, 6.07) is 0. The lowest BCUT2D eigenvalue weighted by atomic mass is 9.71. The highest BCUT2D eigenvalue weighted by atomic mass is 79.9. The van der Waals surface area contributed by atoms with Crippen LogP contribution in [0.2, 0.25) is 0 Å². The van der Waals surface area contributed by atoms with Crippen LogP contribution in [-0.2, 0) is 4.79 Å². The Morgan fingerprint density at radius 2 is 1.77 bits per heavy atom. The lowest BCUT2D eigenvalue weighted by molar-refractivity contribution is -0.122. The van der Waals surface area contributed by atoms with E-state index in [0.29, 0.717) is 17.6 Å². The molecular weight excluding hydrogens is 228 g/mol. The molecule has 0 aromatic carbocycles. The summed E-state index contributed by atoms with van der Waals surface area (Å²) < 4.78 is 0. The second-order valence-corrected chi connectivity index (χ2v) is 6.83. The molecule has 1 nitrogen and oxygen atoms in total. The molecule has 6 bridgehead atoms. The Morgan fingerprint density at radius 1 is 1.00 bits per heavy atom. The highest BCUT2D eigenvalue weighted by molar-refractivity contribution is 9.09. The van der Waals surface area contributed by atoms with Crippen molar-refractivity contribution in [2.24, 2.45) is 47.3 Å². The second kappa shape index (κ2) is 1.56. The molecule has 6 aliphatic carbocycles. The van der Waals surface area contributed by atoms with Crippen LogP contribution in [0.1, 0.15) is 6.42 Å². The zero-order valence-corrected chi connectivity index (χ0v) is 8.78. The van der Waals surface area contributed by atoms with Gasteiger partial charge in [-0.25, -0.2) is 0 Å². The van der Waals surface area contributed by atoms with Gasteiger partial charge in [0.1, 0.15) is 5.78 Å². The molecule has 0 aliphatic heterocycles. The van der Waals surface area contributed by atoms with Gasteiger partial charge in [0.15, 0.2) is 0 Å². The zero-order valence-electron chi connectivity index (χ0n) is 7.19. The predicted octanol–water partition coefficient (Wildman–Crippen LogP) is 1.71. The number of rotatable bonds is 0. The van der Waals surface area contributed by atoms with E-state index in [9.17, 15) is 4.79 Å². The van der Waals surface area contributed by atoms with Crippen molar-refractivity contribution in [2.45, 2.75) is 11.2 Å². The van der Waals surface area contributed by atoms with E-state index in [-0.39, 0.29) is 0 Å². The number of ketones is 1. The van der Waals surface area contributed by atoms with Gasteiger partial charge in [-0.15, -0.1) is 0 Å². The maximum absolute atomic E-state index is 12.0. The summed E-state index contributed by atoms with van der Waals surface area (Å²) in [5, 5.41) is 0. The van der Waals surface area contributed by atoms with Crippen LogP contribution in [0, 0.1) is 47.3 Å². The first-order chi connectivity index (χ1) is 6.30. The van der Waals surface area contributed by atoms with Crippen molar-refractivity contribution in [1.29, 1.82) is 0 Å². The molecule has 9 atom stereocenters. The average Bonchev–Trinajstić information content (AvgIpc) is 2.78. The van der Waals surface area contributed by atoms with E-state index < -0.39 is 0 Å². The number of hydrogen-bond donors (Lipinski definition) is 0. The van der Waals surface area contributed by atoms with Crippen LogP contribution in [0.25, 0.3) is 0 Å². The van der Waals surface area contributed by atoms with E-state index in [1.54, 1.807) is 0 Å². The first-order valence-electron chi connectivity index (χ1n) is 5.48. The number of alkyl halides is 1. The molecule has 0 radical (unpaired) electrons. The standard InChI is InChI=1S/C11H11BrO/c12-10-6-2-1-3-4(6)9-8(10)5(2)7(3)11(9)13/h2-10H,1H2/t2-,3-,4-,5-,6+,7+,8-,9-,10-/m1/s1. The fraction of sp³-hybridized carbons (Fsp3) is 0.909. The van der Waals surface area contributed by atoms with Gasteiger partial charge in [-0.2, -0.15) is 0 Å². The summed E-state index contributed by atoms with van der Waals surface area (Å²) >= 11 is 3.86. The fourth-order valence-corrected chi connectivity index (χ4v) is 7.62. The normalized spacial score (nSPS) is 79.8. The van der Waals surface area contributed by atoms with E-state index in [4.69, 9.17) is 0 Å². The van der Waals surface area contributed by atoms with Crippen LogP contribution in [0.15, 0.2) is 0 Å². The van der Waals surface area contributed by atoms with Gasteiger partial charge in [0.25, 0.3) is 0 Å². The summed E-state index contributed by atoms with van der Waals surface area (Å²) in [4.78, 5) is 12.7. The Kier molecular flexibility index (Phi) is 0.790. The number of carbonyl (C=O) groups excluding carboxylic acids is 1. The summed E-state index contributed by atoms with van der Waals surface area (Å²) in [6.07, 6.45) is 1.41. The molecule has 6 saturated carbocycles. The van der Waals surface area contributed by atoms with Gasteiger partial charge in [-0.3, -0.25) is 4.79 Å².